The highest BCUT2D eigenvalue weighted by atomic mass is 32.1. The summed E-state index contributed by atoms with van der Waals surface area (Å²) in [4.78, 5) is 11.6. The van der Waals surface area contributed by atoms with E-state index in [-0.39, 0.29) is 23.7 Å². The van der Waals surface area contributed by atoms with Crippen molar-refractivity contribution in [2.75, 3.05) is 18.5 Å². The maximum atomic E-state index is 12.8. The quantitative estimate of drug-likeness (QED) is 0.599. The van der Waals surface area contributed by atoms with Crippen molar-refractivity contribution in [1.29, 1.82) is 0 Å². The molecule has 1 heterocycles. The van der Waals surface area contributed by atoms with Crippen LogP contribution in [0.1, 0.15) is 24.0 Å². The number of rotatable bonds is 3. The van der Waals surface area contributed by atoms with E-state index in [1.807, 2.05) is 5.32 Å². The lowest BCUT2D eigenvalue weighted by molar-refractivity contribution is -0.143. The molecule has 4 nitrogen and oxygen atoms in total. The van der Waals surface area contributed by atoms with Crippen molar-refractivity contribution in [2.24, 2.45) is 0 Å². The van der Waals surface area contributed by atoms with Crippen LogP contribution in [0.3, 0.4) is 0 Å². The normalized spacial score (nSPS) is 17.8. The zero-order valence-corrected chi connectivity index (χ0v) is 13.9. The van der Waals surface area contributed by atoms with E-state index < -0.39 is 35.1 Å². The maximum absolute atomic E-state index is 12.8. The Bertz CT molecular complexity index is 651. The molecule has 1 aliphatic rings. The fourth-order valence-corrected chi connectivity index (χ4v) is 2.44. The lowest BCUT2D eigenvalue weighted by Gasteiger charge is -2.16. The van der Waals surface area contributed by atoms with E-state index in [0.717, 1.165) is 12.8 Å². The fraction of sp³-hybridized carbons (Fsp3) is 0.467. The summed E-state index contributed by atoms with van der Waals surface area (Å²) < 4.78 is 82.1. The number of benzene rings is 1. The van der Waals surface area contributed by atoms with Crippen molar-refractivity contribution >= 4 is 28.8 Å². The van der Waals surface area contributed by atoms with E-state index in [4.69, 9.17) is 17.0 Å². The molecule has 26 heavy (non-hydrogen) atoms. The fourth-order valence-electron chi connectivity index (χ4n) is 2.31. The first-order chi connectivity index (χ1) is 12.0. The molecule has 2 rings (SSSR count). The standard InChI is InChI=1S/C15H14F6N2O2S/c16-14(17,18)8-4-9(15(19,20)21)6-10(5-8)23-12(24)13(26)22-7-11-2-1-3-25-11/h4-6,11H,1-3,7H2,(H,22,26)(H,23,24). The van der Waals surface area contributed by atoms with E-state index in [0.29, 0.717) is 18.7 Å². The molecule has 1 saturated heterocycles. The predicted molar refractivity (Wildman–Crippen MR) is 84.7 cm³/mol. The van der Waals surface area contributed by atoms with Crippen molar-refractivity contribution < 1.29 is 35.9 Å². The number of anilines is 1. The predicted octanol–water partition coefficient (Wildman–Crippen LogP) is 3.76. The first-order valence-corrected chi connectivity index (χ1v) is 7.88. The van der Waals surface area contributed by atoms with Crippen LogP contribution in [-0.2, 0) is 21.9 Å². The molecule has 1 aromatic rings. The van der Waals surface area contributed by atoms with Gasteiger partial charge in [-0.15, -0.1) is 0 Å². The highest BCUT2D eigenvalue weighted by molar-refractivity contribution is 7.82. The van der Waals surface area contributed by atoms with Crippen LogP contribution in [-0.4, -0.2) is 30.2 Å². The van der Waals surface area contributed by atoms with Gasteiger partial charge in [-0.1, -0.05) is 12.2 Å². The van der Waals surface area contributed by atoms with Crippen molar-refractivity contribution in [3.8, 4) is 0 Å². The Labute approximate surface area is 149 Å². The van der Waals surface area contributed by atoms with Crippen LogP contribution in [0.15, 0.2) is 18.2 Å². The average Bonchev–Trinajstić information content (AvgIpc) is 3.04. The third kappa shape index (κ3) is 5.56. The Morgan fingerprint density at radius 1 is 1.12 bits per heavy atom. The van der Waals surface area contributed by atoms with E-state index in [9.17, 15) is 31.1 Å². The Morgan fingerprint density at radius 3 is 2.15 bits per heavy atom. The SMILES string of the molecule is O=C(Nc1cc(C(F)(F)F)cc(C(F)(F)F)c1)C(=S)NCC1CCCO1. The summed E-state index contributed by atoms with van der Waals surface area (Å²) in [6.45, 7) is 0.804. The molecule has 1 aliphatic heterocycles. The Morgan fingerprint density at radius 2 is 1.69 bits per heavy atom. The van der Waals surface area contributed by atoms with Gasteiger partial charge in [-0.25, -0.2) is 0 Å². The van der Waals surface area contributed by atoms with Crippen molar-refractivity contribution in [3.05, 3.63) is 29.3 Å². The second-order valence-electron chi connectivity index (χ2n) is 5.59. The van der Waals surface area contributed by atoms with E-state index in [1.165, 1.54) is 0 Å². The Balaban J connectivity index is 2.11. The number of nitrogens with one attached hydrogen (secondary N) is 2. The van der Waals surface area contributed by atoms with E-state index in [2.05, 4.69) is 5.32 Å². The molecular formula is C15H14F6N2O2S. The minimum absolute atomic E-state index is 0.0241. The summed E-state index contributed by atoms with van der Waals surface area (Å²) in [6, 6.07) is 0.801. The first-order valence-electron chi connectivity index (χ1n) is 7.47. The summed E-state index contributed by atoms with van der Waals surface area (Å²) in [7, 11) is 0. The number of ether oxygens (including phenoxy) is 1. The van der Waals surface area contributed by atoms with Crippen LogP contribution in [0, 0.1) is 0 Å². The molecule has 11 heteroatoms. The van der Waals surface area contributed by atoms with Gasteiger partial charge in [-0.05, 0) is 31.0 Å². The van der Waals surface area contributed by atoms with Gasteiger partial charge in [0.25, 0.3) is 5.91 Å². The van der Waals surface area contributed by atoms with Crippen LogP contribution in [0.5, 0.6) is 0 Å². The van der Waals surface area contributed by atoms with E-state index >= 15 is 0 Å². The topological polar surface area (TPSA) is 50.4 Å². The summed E-state index contributed by atoms with van der Waals surface area (Å²) in [6.07, 6.45) is -8.53. The number of hydrogen-bond acceptors (Lipinski definition) is 3. The summed E-state index contributed by atoms with van der Waals surface area (Å²) in [5, 5.41) is 4.54. The monoisotopic (exact) mass is 400 g/mol. The van der Waals surface area contributed by atoms with Crippen LogP contribution in [0.25, 0.3) is 0 Å². The van der Waals surface area contributed by atoms with Crippen LogP contribution in [0.2, 0.25) is 0 Å². The number of hydrogen-bond donors (Lipinski definition) is 2. The molecule has 0 spiro atoms. The van der Waals surface area contributed by atoms with Gasteiger partial charge < -0.3 is 15.4 Å². The number of carbonyl (C=O) groups is 1. The number of carbonyl (C=O) groups excluding carboxylic acids is 1. The Hall–Kier alpha value is -1.88. The number of thiocarbonyl (C=S) groups is 1. The highest BCUT2D eigenvalue weighted by Crippen LogP contribution is 2.37. The lowest BCUT2D eigenvalue weighted by atomic mass is 10.1. The first kappa shape index (κ1) is 20.4. The van der Waals surface area contributed by atoms with Gasteiger partial charge in [-0.2, -0.15) is 26.3 Å². The van der Waals surface area contributed by atoms with E-state index in [1.54, 1.807) is 0 Å². The largest absolute Gasteiger partial charge is 0.416 e. The zero-order valence-electron chi connectivity index (χ0n) is 13.1. The molecule has 1 unspecified atom stereocenters. The minimum atomic E-state index is -5.00. The number of halogens is 6. The summed E-state index contributed by atoms with van der Waals surface area (Å²) in [5.41, 5.74) is -3.71. The number of amides is 1. The van der Waals surface area contributed by atoms with Crippen LogP contribution >= 0.6 is 12.2 Å². The molecule has 1 amide bonds. The highest BCUT2D eigenvalue weighted by Gasteiger charge is 2.37. The molecule has 144 valence electrons. The third-order valence-corrected chi connectivity index (χ3v) is 3.90. The van der Waals surface area contributed by atoms with Gasteiger partial charge in [0.05, 0.1) is 17.2 Å². The van der Waals surface area contributed by atoms with Gasteiger partial charge in [0.2, 0.25) is 0 Å². The van der Waals surface area contributed by atoms with Crippen LogP contribution in [0.4, 0.5) is 32.0 Å². The van der Waals surface area contributed by atoms with Gasteiger partial charge >= 0.3 is 12.4 Å². The van der Waals surface area contributed by atoms with Crippen molar-refractivity contribution in [2.45, 2.75) is 31.3 Å². The minimum Gasteiger partial charge on any atom is -0.376 e. The molecule has 1 fully saturated rings. The molecule has 1 aromatic carbocycles. The molecule has 0 aromatic heterocycles. The summed E-state index contributed by atoms with van der Waals surface area (Å²) in [5.74, 6) is -1.01. The molecule has 2 N–H and O–H groups in total. The molecule has 0 aliphatic carbocycles. The molecule has 0 bridgehead atoms. The van der Waals surface area contributed by atoms with Gasteiger partial charge in [0.15, 0.2) is 4.99 Å². The third-order valence-electron chi connectivity index (χ3n) is 3.57. The smallest absolute Gasteiger partial charge is 0.376 e. The maximum Gasteiger partial charge on any atom is 0.416 e. The van der Waals surface area contributed by atoms with Gasteiger partial charge in [-0.3, -0.25) is 4.79 Å². The molecule has 0 saturated carbocycles. The second kappa shape index (κ2) is 7.78. The zero-order chi connectivity index (χ0) is 19.5. The van der Waals surface area contributed by atoms with Crippen molar-refractivity contribution in [1.82, 2.24) is 5.32 Å². The molecule has 1 atom stereocenters. The summed E-state index contributed by atoms with van der Waals surface area (Å²) >= 11 is 4.80. The van der Waals surface area contributed by atoms with Crippen LogP contribution < -0.4 is 10.6 Å². The second-order valence-corrected chi connectivity index (χ2v) is 6.00. The Kier molecular flexibility index (Phi) is 6.12. The lowest BCUT2D eigenvalue weighted by Crippen LogP contribution is -2.38. The van der Waals surface area contributed by atoms with Crippen molar-refractivity contribution in [3.63, 3.8) is 0 Å². The number of alkyl halides is 6. The average molecular weight is 400 g/mol. The van der Waals surface area contributed by atoms with Gasteiger partial charge in [0.1, 0.15) is 0 Å². The molecular weight excluding hydrogens is 386 g/mol. The molecule has 0 radical (unpaired) electrons. The van der Waals surface area contributed by atoms with Gasteiger partial charge in [0, 0.05) is 18.8 Å².